The number of hydrogen-bond donors (Lipinski definition) is 2. The number of rotatable bonds is 5. The SMILES string of the molecule is CC(=O)NC(COc1cc(Cl)ccc1C)C(=O)O. The van der Waals surface area contributed by atoms with Crippen LogP contribution in [0.25, 0.3) is 0 Å². The Morgan fingerprint density at radius 2 is 2.17 bits per heavy atom. The molecule has 0 aliphatic heterocycles. The largest absolute Gasteiger partial charge is 0.490 e. The lowest BCUT2D eigenvalue weighted by Crippen LogP contribution is -2.43. The zero-order chi connectivity index (χ0) is 13.7. The summed E-state index contributed by atoms with van der Waals surface area (Å²) >= 11 is 5.81. The van der Waals surface area contributed by atoms with E-state index in [4.69, 9.17) is 21.4 Å². The van der Waals surface area contributed by atoms with Gasteiger partial charge in [-0.2, -0.15) is 0 Å². The fourth-order valence-corrected chi connectivity index (χ4v) is 1.48. The molecule has 98 valence electrons. The van der Waals surface area contributed by atoms with Gasteiger partial charge in [0.25, 0.3) is 0 Å². The number of carbonyl (C=O) groups is 2. The molecule has 2 N–H and O–H groups in total. The minimum absolute atomic E-state index is 0.157. The highest BCUT2D eigenvalue weighted by molar-refractivity contribution is 6.30. The molecule has 1 rings (SSSR count). The Kier molecular flexibility index (Phi) is 4.97. The molecular weight excluding hydrogens is 258 g/mol. The molecule has 0 aromatic heterocycles. The summed E-state index contributed by atoms with van der Waals surface area (Å²) in [5.74, 6) is -1.07. The van der Waals surface area contributed by atoms with Crippen molar-refractivity contribution >= 4 is 23.5 Å². The van der Waals surface area contributed by atoms with Crippen molar-refractivity contribution < 1.29 is 19.4 Å². The van der Waals surface area contributed by atoms with E-state index in [1.807, 2.05) is 6.92 Å². The van der Waals surface area contributed by atoms with Gasteiger partial charge in [0.05, 0.1) is 0 Å². The highest BCUT2D eigenvalue weighted by Gasteiger charge is 2.19. The van der Waals surface area contributed by atoms with Gasteiger partial charge in [-0.05, 0) is 24.6 Å². The quantitative estimate of drug-likeness (QED) is 0.853. The Labute approximate surface area is 110 Å². The first-order valence-corrected chi connectivity index (χ1v) is 5.67. The van der Waals surface area contributed by atoms with E-state index in [1.54, 1.807) is 18.2 Å². The monoisotopic (exact) mass is 271 g/mol. The van der Waals surface area contributed by atoms with Crippen LogP contribution >= 0.6 is 11.6 Å². The van der Waals surface area contributed by atoms with E-state index in [0.717, 1.165) is 5.56 Å². The molecule has 0 aliphatic rings. The topological polar surface area (TPSA) is 75.6 Å². The number of aryl methyl sites for hydroxylation is 1. The van der Waals surface area contributed by atoms with E-state index in [0.29, 0.717) is 10.8 Å². The van der Waals surface area contributed by atoms with Crippen molar-refractivity contribution in [3.05, 3.63) is 28.8 Å². The summed E-state index contributed by atoms with van der Waals surface area (Å²) in [6.45, 7) is 2.91. The van der Waals surface area contributed by atoms with E-state index in [2.05, 4.69) is 5.32 Å². The summed E-state index contributed by atoms with van der Waals surface area (Å²) in [7, 11) is 0. The Balaban J connectivity index is 2.69. The van der Waals surface area contributed by atoms with Crippen LogP contribution in [-0.4, -0.2) is 29.6 Å². The van der Waals surface area contributed by atoms with Gasteiger partial charge in [-0.15, -0.1) is 0 Å². The van der Waals surface area contributed by atoms with Crippen molar-refractivity contribution in [3.63, 3.8) is 0 Å². The number of ether oxygens (including phenoxy) is 1. The third-order valence-electron chi connectivity index (χ3n) is 2.23. The van der Waals surface area contributed by atoms with Gasteiger partial charge in [0.15, 0.2) is 6.04 Å². The van der Waals surface area contributed by atoms with Crippen LogP contribution in [0.2, 0.25) is 5.02 Å². The van der Waals surface area contributed by atoms with Crippen LogP contribution in [0.3, 0.4) is 0 Å². The molecule has 0 saturated heterocycles. The third-order valence-corrected chi connectivity index (χ3v) is 2.47. The Morgan fingerprint density at radius 1 is 1.50 bits per heavy atom. The standard InChI is InChI=1S/C12H14ClNO4/c1-7-3-4-9(13)5-11(7)18-6-10(12(16)17)14-8(2)15/h3-5,10H,6H2,1-2H3,(H,14,15)(H,16,17). The van der Waals surface area contributed by atoms with Crippen molar-refractivity contribution in [1.82, 2.24) is 5.32 Å². The summed E-state index contributed by atoms with van der Waals surface area (Å²) in [6, 6.07) is 4.00. The number of carboxylic acid groups (broad SMARTS) is 1. The molecule has 1 unspecified atom stereocenters. The second-order valence-corrected chi connectivity index (χ2v) is 4.25. The van der Waals surface area contributed by atoms with Gasteiger partial charge < -0.3 is 15.2 Å². The summed E-state index contributed by atoms with van der Waals surface area (Å²) < 4.78 is 5.36. The van der Waals surface area contributed by atoms with E-state index >= 15 is 0 Å². The van der Waals surface area contributed by atoms with Gasteiger partial charge in [0.1, 0.15) is 12.4 Å². The summed E-state index contributed by atoms with van der Waals surface area (Å²) in [5.41, 5.74) is 0.839. The summed E-state index contributed by atoms with van der Waals surface area (Å²) in [6.07, 6.45) is 0. The molecule has 5 nitrogen and oxygen atoms in total. The zero-order valence-electron chi connectivity index (χ0n) is 10.1. The molecule has 18 heavy (non-hydrogen) atoms. The van der Waals surface area contributed by atoms with Crippen LogP contribution in [0.5, 0.6) is 5.75 Å². The van der Waals surface area contributed by atoms with Crippen molar-refractivity contribution in [2.45, 2.75) is 19.9 Å². The second-order valence-electron chi connectivity index (χ2n) is 3.81. The molecule has 0 aliphatic carbocycles. The molecule has 0 saturated carbocycles. The third kappa shape index (κ3) is 4.25. The number of carboxylic acids is 1. The van der Waals surface area contributed by atoms with Crippen molar-refractivity contribution in [3.8, 4) is 5.75 Å². The van der Waals surface area contributed by atoms with Gasteiger partial charge in [0, 0.05) is 11.9 Å². The predicted molar refractivity (Wildman–Crippen MR) is 66.9 cm³/mol. The normalized spacial score (nSPS) is 11.7. The van der Waals surface area contributed by atoms with E-state index in [9.17, 15) is 9.59 Å². The van der Waals surface area contributed by atoms with E-state index < -0.39 is 17.9 Å². The van der Waals surface area contributed by atoms with Crippen LogP contribution in [-0.2, 0) is 9.59 Å². The number of carbonyl (C=O) groups excluding carboxylic acids is 1. The minimum atomic E-state index is -1.15. The average Bonchev–Trinajstić information content (AvgIpc) is 2.27. The van der Waals surface area contributed by atoms with Crippen molar-refractivity contribution in [1.29, 1.82) is 0 Å². The van der Waals surface area contributed by atoms with E-state index in [-0.39, 0.29) is 6.61 Å². The lowest BCUT2D eigenvalue weighted by atomic mass is 10.2. The van der Waals surface area contributed by atoms with Gasteiger partial charge in [-0.1, -0.05) is 17.7 Å². The first-order valence-electron chi connectivity index (χ1n) is 5.29. The smallest absolute Gasteiger partial charge is 0.329 e. The van der Waals surface area contributed by atoms with Crippen molar-refractivity contribution in [2.24, 2.45) is 0 Å². The Morgan fingerprint density at radius 3 is 2.72 bits per heavy atom. The Hall–Kier alpha value is -1.75. The lowest BCUT2D eigenvalue weighted by molar-refractivity contribution is -0.142. The maximum atomic E-state index is 10.9. The molecule has 1 atom stereocenters. The summed E-state index contributed by atoms with van der Waals surface area (Å²) in [5, 5.41) is 11.7. The maximum absolute atomic E-state index is 10.9. The molecule has 1 amide bonds. The average molecular weight is 272 g/mol. The number of aliphatic carboxylic acids is 1. The second kappa shape index (κ2) is 6.26. The van der Waals surface area contributed by atoms with Crippen LogP contribution in [0.15, 0.2) is 18.2 Å². The molecule has 0 spiro atoms. The van der Waals surface area contributed by atoms with E-state index in [1.165, 1.54) is 6.92 Å². The van der Waals surface area contributed by atoms with Crippen LogP contribution in [0.1, 0.15) is 12.5 Å². The maximum Gasteiger partial charge on any atom is 0.329 e. The number of nitrogens with one attached hydrogen (secondary N) is 1. The van der Waals surface area contributed by atoms with Gasteiger partial charge in [0.2, 0.25) is 5.91 Å². The molecule has 6 heteroatoms. The van der Waals surface area contributed by atoms with Crippen LogP contribution < -0.4 is 10.1 Å². The molecule has 1 aromatic carbocycles. The van der Waals surface area contributed by atoms with Gasteiger partial charge in [-0.25, -0.2) is 4.79 Å². The fourth-order valence-electron chi connectivity index (χ4n) is 1.32. The zero-order valence-corrected chi connectivity index (χ0v) is 10.8. The predicted octanol–water partition coefficient (Wildman–Crippen LogP) is 1.62. The van der Waals surface area contributed by atoms with Crippen molar-refractivity contribution in [2.75, 3.05) is 6.61 Å². The molecule has 0 radical (unpaired) electrons. The number of halogens is 1. The first kappa shape index (κ1) is 14.3. The summed E-state index contributed by atoms with van der Waals surface area (Å²) in [4.78, 5) is 21.7. The molecule has 0 bridgehead atoms. The molecule has 1 aromatic rings. The first-order chi connectivity index (χ1) is 8.40. The fraction of sp³-hybridized carbons (Fsp3) is 0.333. The number of benzene rings is 1. The minimum Gasteiger partial charge on any atom is -0.490 e. The molecule has 0 heterocycles. The van der Waals surface area contributed by atoms with Gasteiger partial charge >= 0.3 is 5.97 Å². The lowest BCUT2D eigenvalue weighted by Gasteiger charge is -2.15. The van der Waals surface area contributed by atoms with Crippen LogP contribution in [0, 0.1) is 6.92 Å². The molecule has 0 fully saturated rings. The Bertz CT molecular complexity index is 461. The highest BCUT2D eigenvalue weighted by atomic mass is 35.5. The molecular formula is C12H14ClNO4. The van der Waals surface area contributed by atoms with Gasteiger partial charge in [-0.3, -0.25) is 4.79 Å². The number of amides is 1. The highest BCUT2D eigenvalue weighted by Crippen LogP contribution is 2.22. The number of hydrogen-bond acceptors (Lipinski definition) is 3. The van der Waals surface area contributed by atoms with Crippen LogP contribution in [0.4, 0.5) is 0 Å².